The zero-order valence-electron chi connectivity index (χ0n) is 27.8. The average molecular weight is 639 g/mol. The highest BCUT2D eigenvalue weighted by Crippen LogP contribution is 2.57. The van der Waals surface area contributed by atoms with Crippen LogP contribution in [0, 0.1) is 0 Å². The van der Waals surface area contributed by atoms with Crippen molar-refractivity contribution >= 4 is 10.8 Å². The highest BCUT2D eigenvalue weighted by molar-refractivity contribution is 6.03. The Kier molecular flexibility index (Phi) is 6.29. The molecule has 1 heterocycles. The SMILES string of the molecule is CC1(c2ccccc2)c2cc(-c3ccc4c(c3)C(c3ccccc3)(c3ccccc3)c3ccccc3O4)ccc2-c2c1ccc1ccccc21. The summed E-state index contributed by atoms with van der Waals surface area (Å²) in [5.74, 6) is 1.77. The predicted octanol–water partition coefficient (Wildman–Crippen LogP) is 12.3. The molecule has 0 spiro atoms. The molecule has 2 aliphatic rings. The molecule has 0 fully saturated rings. The van der Waals surface area contributed by atoms with Gasteiger partial charge in [-0.15, -0.1) is 0 Å². The molecule has 1 aliphatic heterocycles. The number of ether oxygens (including phenoxy) is 1. The van der Waals surface area contributed by atoms with Gasteiger partial charge >= 0.3 is 0 Å². The van der Waals surface area contributed by atoms with Crippen molar-refractivity contribution in [2.24, 2.45) is 0 Å². The van der Waals surface area contributed by atoms with E-state index in [1.807, 2.05) is 0 Å². The molecule has 0 radical (unpaired) electrons. The molecule has 236 valence electrons. The third-order valence-corrected chi connectivity index (χ3v) is 11.3. The van der Waals surface area contributed by atoms with Gasteiger partial charge in [0.1, 0.15) is 11.5 Å². The van der Waals surface area contributed by atoms with Crippen LogP contribution in [0.25, 0.3) is 33.0 Å². The van der Waals surface area contributed by atoms with Crippen LogP contribution in [0.4, 0.5) is 0 Å². The Balaban J connectivity index is 1.23. The van der Waals surface area contributed by atoms with Crippen molar-refractivity contribution in [2.45, 2.75) is 17.8 Å². The smallest absolute Gasteiger partial charge is 0.132 e. The normalized spacial score (nSPS) is 16.5. The van der Waals surface area contributed by atoms with E-state index < -0.39 is 5.41 Å². The Morgan fingerprint density at radius 2 is 0.960 bits per heavy atom. The third-order valence-electron chi connectivity index (χ3n) is 11.3. The number of benzene rings is 8. The van der Waals surface area contributed by atoms with Crippen LogP contribution in [-0.4, -0.2) is 0 Å². The minimum Gasteiger partial charge on any atom is -0.457 e. The highest BCUT2D eigenvalue weighted by Gasteiger charge is 2.46. The summed E-state index contributed by atoms with van der Waals surface area (Å²) in [5, 5.41) is 2.57. The Labute approximate surface area is 293 Å². The molecule has 1 heteroatoms. The van der Waals surface area contributed by atoms with Gasteiger partial charge in [-0.25, -0.2) is 0 Å². The molecule has 1 nitrogen and oxygen atoms in total. The number of hydrogen-bond acceptors (Lipinski definition) is 1. The van der Waals surface area contributed by atoms with Gasteiger partial charge in [-0.05, 0) is 92.0 Å². The van der Waals surface area contributed by atoms with Gasteiger partial charge in [0.15, 0.2) is 0 Å². The molecule has 50 heavy (non-hydrogen) atoms. The molecule has 1 unspecified atom stereocenters. The molecule has 0 saturated carbocycles. The van der Waals surface area contributed by atoms with Crippen molar-refractivity contribution in [3.63, 3.8) is 0 Å². The largest absolute Gasteiger partial charge is 0.457 e. The second kappa shape index (κ2) is 10.9. The molecular formula is C49H34O. The maximum Gasteiger partial charge on any atom is 0.132 e. The summed E-state index contributed by atoms with van der Waals surface area (Å²) in [6.45, 7) is 2.40. The first-order valence-corrected chi connectivity index (χ1v) is 17.4. The van der Waals surface area contributed by atoms with E-state index in [2.05, 4.69) is 195 Å². The second-order valence-electron chi connectivity index (χ2n) is 13.8. The third kappa shape index (κ3) is 3.95. The van der Waals surface area contributed by atoms with Gasteiger partial charge in [-0.3, -0.25) is 0 Å². The summed E-state index contributed by atoms with van der Waals surface area (Å²) >= 11 is 0. The highest BCUT2D eigenvalue weighted by atomic mass is 16.5. The molecule has 0 aromatic heterocycles. The van der Waals surface area contributed by atoms with E-state index >= 15 is 0 Å². The average Bonchev–Trinajstić information content (AvgIpc) is 3.46. The molecular weight excluding hydrogens is 605 g/mol. The molecule has 8 aromatic rings. The molecule has 10 rings (SSSR count). The van der Waals surface area contributed by atoms with Crippen LogP contribution < -0.4 is 4.74 Å². The van der Waals surface area contributed by atoms with Gasteiger partial charge in [0.25, 0.3) is 0 Å². The van der Waals surface area contributed by atoms with E-state index in [1.54, 1.807) is 0 Å². The monoisotopic (exact) mass is 638 g/mol. The van der Waals surface area contributed by atoms with Crippen molar-refractivity contribution < 1.29 is 4.74 Å². The van der Waals surface area contributed by atoms with E-state index in [0.717, 1.165) is 22.6 Å². The topological polar surface area (TPSA) is 9.23 Å². The second-order valence-corrected chi connectivity index (χ2v) is 13.8. The maximum absolute atomic E-state index is 6.71. The van der Waals surface area contributed by atoms with Gasteiger partial charge < -0.3 is 4.74 Å². The summed E-state index contributed by atoms with van der Waals surface area (Å²) in [6, 6.07) is 68.7. The lowest BCUT2D eigenvalue weighted by molar-refractivity contribution is 0.434. The first-order chi connectivity index (χ1) is 24.7. The first kappa shape index (κ1) is 28.8. The Morgan fingerprint density at radius 1 is 0.400 bits per heavy atom. The number of hydrogen-bond donors (Lipinski definition) is 0. The molecule has 8 aromatic carbocycles. The van der Waals surface area contributed by atoms with E-state index in [0.29, 0.717) is 0 Å². The molecule has 0 N–H and O–H groups in total. The minimum atomic E-state index is -0.562. The standard InChI is InChI=1S/C49H34O/c1-48(36-16-5-2-6-17-36)42-29-26-33-15-11-12-22-39(33)47(42)40-28-25-34(31-43(40)48)35-27-30-46-44(32-35)49(37-18-7-3-8-19-37,38-20-9-4-10-21-38)41-23-13-14-24-45(41)50-46/h2-32H,1H3. The predicted molar refractivity (Wildman–Crippen MR) is 205 cm³/mol. The van der Waals surface area contributed by atoms with Crippen LogP contribution in [0.5, 0.6) is 11.5 Å². The Hall–Kier alpha value is -6.18. The van der Waals surface area contributed by atoms with E-state index in [4.69, 9.17) is 4.74 Å². The molecule has 1 aliphatic carbocycles. The fourth-order valence-electron chi connectivity index (χ4n) is 8.95. The summed E-state index contributed by atoms with van der Waals surface area (Å²) in [6.07, 6.45) is 0. The lowest BCUT2D eigenvalue weighted by atomic mass is 9.63. The minimum absolute atomic E-state index is 0.305. The number of para-hydroxylation sites is 1. The van der Waals surface area contributed by atoms with Gasteiger partial charge in [0, 0.05) is 16.5 Å². The quantitative estimate of drug-likeness (QED) is 0.186. The van der Waals surface area contributed by atoms with E-state index in [-0.39, 0.29) is 5.41 Å². The fourth-order valence-corrected chi connectivity index (χ4v) is 8.95. The van der Waals surface area contributed by atoms with Crippen LogP contribution in [0.1, 0.15) is 45.9 Å². The van der Waals surface area contributed by atoms with Crippen molar-refractivity contribution in [3.8, 4) is 33.8 Å². The van der Waals surface area contributed by atoms with Crippen molar-refractivity contribution in [1.82, 2.24) is 0 Å². The van der Waals surface area contributed by atoms with Crippen molar-refractivity contribution in [1.29, 1.82) is 0 Å². The van der Waals surface area contributed by atoms with E-state index in [9.17, 15) is 0 Å². The lowest BCUT2D eigenvalue weighted by Crippen LogP contribution is -2.34. The fraction of sp³-hybridized carbons (Fsp3) is 0.0612. The van der Waals surface area contributed by atoms with E-state index in [1.165, 1.54) is 60.8 Å². The van der Waals surface area contributed by atoms with Crippen LogP contribution in [-0.2, 0) is 10.8 Å². The van der Waals surface area contributed by atoms with Crippen LogP contribution >= 0.6 is 0 Å². The van der Waals surface area contributed by atoms with Crippen molar-refractivity contribution in [3.05, 3.63) is 227 Å². The van der Waals surface area contributed by atoms with Crippen molar-refractivity contribution in [2.75, 3.05) is 0 Å². The molecule has 0 amide bonds. The van der Waals surface area contributed by atoms with Crippen LogP contribution in [0.15, 0.2) is 188 Å². The van der Waals surface area contributed by atoms with Gasteiger partial charge in [-0.1, -0.05) is 164 Å². The van der Waals surface area contributed by atoms with Crippen LogP contribution in [0.2, 0.25) is 0 Å². The molecule has 1 atom stereocenters. The van der Waals surface area contributed by atoms with Gasteiger partial charge in [-0.2, -0.15) is 0 Å². The number of fused-ring (bicyclic) bond motifs is 7. The molecule has 0 saturated heterocycles. The Morgan fingerprint density at radius 3 is 1.68 bits per heavy atom. The first-order valence-electron chi connectivity index (χ1n) is 17.4. The lowest BCUT2D eigenvalue weighted by Gasteiger charge is -2.41. The molecule has 0 bridgehead atoms. The summed E-state index contributed by atoms with van der Waals surface area (Å²) in [5.41, 5.74) is 12.9. The summed E-state index contributed by atoms with van der Waals surface area (Å²) < 4.78 is 6.71. The van der Waals surface area contributed by atoms with Gasteiger partial charge in [0.05, 0.1) is 5.41 Å². The summed E-state index contributed by atoms with van der Waals surface area (Å²) in [7, 11) is 0. The van der Waals surface area contributed by atoms with Crippen LogP contribution in [0.3, 0.4) is 0 Å². The zero-order chi connectivity index (χ0) is 33.3. The van der Waals surface area contributed by atoms with Gasteiger partial charge in [0.2, 0.25) is 0 Å². The maximum atomic E-state index is 6.71. The Bertz CT molecular complexity index is 2530. The summed E-state index contributed by atoms with van der Waals surface area (Å²) in [4.78, 5) is 0. The zero-order valence-corrected chi connectivity index (χ0v) is 27.8. The number of rotatable bonds is 4.